The molecule has 0 atom stereocenters. The zero-order valence-electron chi connectivity index (χ0n) is 19.8. The van der Waals surface area contributed by atoms with Crippen molar-refractivity contribution in [2.45, 2.75) is 20.8 Å². The first-order valence-electron chi connectivity index (χ1n) is 11.0. The smallest absolute Gasteiger partial charge is 0.343 e. The number of non-ortho nitro benzene ring substituents is 1. The molecule has 0 bridgehead atoms. The second-order valence-corrected chi connectivity index (χ2v) is 8.16. The number of nitro groups is 1. The minimum Gasteiger partial charge on any atom is -0.422 e. The lowest BCUT2D eigenvalue weighted by Crippen LogP contribution is -2.19. The molecule has 0 radical (unpaired) electrons. The summed E-state index contributed by atoms with van der Waals surface area (Å²) >= 11 is 0. The molecule has 0 spiro atoms. The van der Waals surface area contributed by atoms with Crippen molar-refractivity contribution in [3.05, 3.63) is 99.1 Å². The molecule has 3 aromatic rings. The topological polar surface area (TPSA) is 140 Å². The summed E-state index contributed by atoms with van der Waals surface area (Å²) < 4.78 is 5.43. The fraction of sp³-hybridized carbons (Fsp3) is 0.154. The number of hydrogen-bond donors (Lipinski definition) is 2. The molecule has 3 aromatic carbocycles. The number of amides is 2. The van der Waals surface area contributed by atoms with Crippen LogP contribution in [0.4, 0.5) is 11.4 Å². The first-order chi connectivity index (χ1) is 17.1. The van der Waals surface area contributed by atoms with E-state index in [0.29, 0.717) is 11.3 Å². The van der Waals surface area contributed by atoms with Crippen molar-refractivity contribution < 1.29 is 24.0 Å². The molecule has 0 saturated heterocycles. The molecule has 0 aliphatic carbocycles. The number of benzene rings is 3. The Morgan fingerprint density at radius 2 is 1.72 bits per heavy atom. The van der Waals surface area contributed by atoms with Crippen molar-refractivity contribution in [2.75, 3.05) is 5.32 Å². The molecular weight excluding hydrogens is 464 g/mol. The average molecular weight is 489 g/mol. The second kappa shape index (κ2) is 11.5. The van der Waals surface area contributed by atoms with Crippen molar-refractivity contribution in [3.8, 4) is 5.75 Å². The van der Waals surface area contributed by atoms with Crippen LogP contribution in [-0.4, -0.2) is 28.9 Å². The van der Waals surface area contributed by atoms with Crippen LogP contribution >= 0.6 is 0 Å². The molecule has 0 heterocycles. The minimum atomic E-state index is -0.643. The first kappa shape index (κ1) is 25.8. The molecule has 0 saturated carbocycles. The lowest BCUT2D eigenvalue weighted by atomic mass is 10.1. The van der Waals surface area contributed by atoms with Gasteiger partial charge in [0.05, 0.1) is 16.7 Å². The van der Waals surface area contributed by atoms with E-state index in [1.807, 2.05) is 13.0 Å². The number of rotatable bonds is 8. The summed E-state index contributed by atoms with van der Waals surface area (Å²) in [6.45, 7) is 5.37. The highest BCUT2D eigenvalue weighted by Gasteiger charge is 2.15. The molecule has 0 aliphatic heterocycles. The van der Waals surface area contributed by atoms with Crippen molar-refractivity contribution in [2.24, 2.45) is 11.0 Å². The third kappa shape index (κ3) is 6.83. The third-order valence-corrected chi connectivity index (χ3v) is 4.97. The zero-order chi connectivity index (χ0) is 26.2. The molecule has 36 heavy (non-hydrogen) atoms. The molecular formula is C26H24N4O6. The van der Waals surface area contributed by atoms with E-state index in [9.17, 15) is 24.5 Å². The minimum absolute atomic E-state index is 0.0374. The predicted octanol–water partition coefficient (Wildman–Crippen LogP) is 4.48. The summed E-state index contributed by atoms with van der Waals surface area (Å²) in [6.07, 6.45) is 1.15. The molecule has 3 rings (SSSR count). The third-order valence-electron chi connectivity index (χ3n) is 4.97. The van der Waals surface area contributed by atoms with Crippen LogP contribution in [0.15, 0.2) is 71.8 Å². The van der Waals surface area contributed by atoms with Crippen molar-refractivity contribution in [1.82, 2.24) is 5.43 Å². The molecule has 0 unspecified atom stereocenters. The van der Waals surface area contributed by atoms with Crippen LogP contribution in [0.5, 0.6) is 5.75 Å². The standard InChI is InChI=1S/C26H24N4O6/c1-16(2)24(31)28-21-9-7-18(8-10-21)25(32)29-27-15-20-14-22(30(34)35)11-12-23(20)36-26(33)19-6-4-5-17(3)13-19/h4-16H,1-3H3,(H,28,31)(H,29,32)/b27-15+. The van der Waals surface area contributed by atoms with E-state index >= 15 is 0 Å². The van der Waals surface area contributed by atoms with Crippen molar-refractivity contribution >= 4 is 35.4 Å². The molecule has 0 aromatic heterocycles. The molecule has 2 N–H and O–H groups in total. The number of nitrogens with zero attached hydrogens (tertiary/aromatic N) is 2. The first-order valence-corrected chi connectivity index (χ1v) is 11.0. The van der Waals surface area contributed by atoms with Crippen molar-refractivity contribution in [3.63, 3.8) is 0 Å². The Balaban J connectivity index is 1.74. The van der Waals surface area contributed by atoms with Crippen LogP contribution in [0.25, 0.3) is 0 Å². The predicted molar refractivity (Wildman–Crippen MR) is 134 cm³/mol. The number of hydrazone groups is 1. The quantitative estimate of drug-likeness (QED) is 0.157. The van der Waals surface area contributed by atoms with Crippen molar-refractivity contribution in [1.29, 1.82) is 0 Å². The van der Waals surface area contributed by atoms with Gasteiger partial charge in [0.15, 0.2) is 0 Å². The Hall–Kier alpha value is -4.86. The summed E-state index contributed by atoms with van der Waals surface area (Å²) in [5.74, 6) is -1.48. The maximum atomic E-state index is 12.5. The number of nitro benzene ring substituents is 1. The Bertz CT molecular complexity index is 1330. The van der Waals surface area contributed by atoms with E-state index in [-0.39, 0.29) is 34.4 Å². The average Bonchev–Trinajstić information content (AvgIpc) is 2.85. The molecule has 184 valence electrons. The molecule has 0 fully saturated rings. The SMILES string of the molecule is Cc1cccc(C(=O)Oc2ccc([N+](=O)[O-])cc2/C=N/NC(=O)c2ccc(NC(=O)C(C)C)cc2)c1. The summed E-state index contributed by atoms with van der Waals surface area (Å²) in [6, 6.07) is 16.7. The number of anilines is 1. The van der Waals surface area contributed by atoms with Gasteiger partial charge in [0.25, 0.3) is 11.6 Å². The van der Waals surface area contributed by atoms with Gasteiger partial charge in [0.2, 0.25) is 5.91 Å². The van der Waals surface area contributed by atoms with Crippen LogP contribution < -0.4 is 15.5 Å². The van der Waals surface area contributed by atoms with E-state index in [1.165, 1.54) is 30.3 Å². The number of hydrogen-bond acceptors (Lipinski definition) is 7. The molecule has 0 aliphatic rings. The summed E-state index contributed by atoms with van der Waals surface area (Å²) in [5, 5.41) is 17.8. The Kier molecular flexibility index (Phi) is 8.24. The van der Waals surface area contributed by atoms with Gasteiger partial charge in [0, 0.05) is 34.9 Å². The highest BCUT2D eigenvalue weighted by atomic mass is 16.6. The Morgan fingerprint density at radius 1 is 1.00 bits per heavy atom. The summed E-state index contributed by atoms with van der Waals surface area (Å²) in [4.78, 5) is 47.4. The fourth-order valence-electron chi connectivity index (χ4n) is 2.99. The van der Waals surface area contributed by atoms with Gasteiger partial charge in [-0.15, -0.1) is 0 Å². The van der Waals surface area contributed by atoms with E-state index in [0.717, 1.165) is 11.8 Å². The lowest BCUT2D eigenvalue weighted by Gasteiger charge is -2.09. The van der Waals surface area contributed by atoms with Gasteiger partial charge < -0.3 is 10.1 Å². The molecule has 10 nitrogen and oxygen atoms in total. The van der Waals surface area contributed by atoms with Gasteiger partial charge in [-0.2, -0.15) is 5.10 Å². The number of nitrogens with one attached hydrogen (secondary N) is 2. The largest absolute Gasteiger partial charge is 0.422 e. The number of aryl methyl sites for hydroxylation is 1. The summed E-state index contributed by atoms with van der Waals surface area (Å²) in [5.41, 5.74) is 4.22. The van der Waals surface area contributed by atoms with Gasteiger partial charge in [-0.1, -0.05) is 31.5 Å². The fourth-order valence-corrected chi connectivity index (χ4v) is 2.99. The zero-order valence-corrected chi connectivity index (χ0v) is 19.8. The highest BCUT2D eigenvalue weighted by molar-refractivity contribution is 5.97. The van der Waals surface area contributed by atoms with Gasteiger partial charge in [-0.05, 0) is 49.4 Å². The van der Waals surface area contributed by atoms with Crippen LogP contribution in [0.2, 0.25) is 0 Å². The molecule has 2 amide bonds. The number of ether oxygens (including phenoxy) is 1. The second-order valence-electron chi connectivity index (χ2n) is 8.16. The maximum absolute atomic E-state index is 12.5. The van der Waals surface area contributed by atoms with Crippen LogP contribution in [0, 0.1) is 23.0 Å². The molecule has 10 heteroatoms. The monoisotopic (exact) mass is 488 g/mol. The van der Waals surface area contributed by atoms with Gasteiger partial charge in [0.1, 0.15) is 5.75 Å². The maximum Gasteiger partial charge on any atom is 0.343 e. The number of carbonyl (C=O) groups is 3. The Labute approximate surface area is 207 Å². The Morgan fingerprint density at radius 3 is 2.36 bits per heavy atom. The van der Waals surface area contributed by atoms with Gasteiger partial charge >= 0.3 is 5.97 Å². The van der Waals surface area contributed by atoms with Gasteiger partial charge in [-0.25, -0.2) is 10.2 Å². The lowest BCUT2D eigenvalue weighted by molar-refractivity contribution is -0.384. The van der Waals surface area contributed by atoms with E-state index in [4.69, 9.17) is 4.74 Å². The van der Waals surface area contributed by atoms with Gasteiger partial charge in [-0.3, -0.25) is 19.7 Å². The number of esters is 1. The highest BCUT2D eigenvalue weighted by Crippen LogP contribution is 2.24. The number of carbonyl (C=O) groups excluding carboxylic acids is 3. The van der Waals surface area contributed by atoms with E-state index < -0.39 is 16.8 Å². The van der Waals surface area contributed by atoms with E-state index in [1.54, 1.807) is 44.2 Å². The summed E-state index contributed by atoms with van der Waals surface area (Å²) in [7, 11) is 0. The normalized spacial score (nSPS) is 10.8. The van der Waals surface area contributed by atoms with Crippen LogP contribution in [0.1, 0.15) is 45.7 Å². The van der Waals surface area contributed by atoms with E-state index in [2.05, 4.69) is 15.8 Å². The van der Waals surface area contributed by atoms with Crippen LogP contribution in [0.3, 0.4) is 0 Å². The van der Waals surface area contributed by atoms with Crippen LogP contribution in [-0.2, 0) is 4.79 Å².